The predicted molar refractivity (Wildman–Crippen MR) is 121 cm³/mol. The Morgan fingerprint density at radius 1 is 1.12 bits per heavy atom. The van der Waals surface area contributed by atoms with E-state index in [0.29, 0.717) is 46.7 Å². The van der Waals surface area contributed by atoms with Crippen molar-refractivity contribution in [2.45, 2.75) is 18.1 Å². The van der Waals surface area contributed by atoms with Gasteiger partial charge in [0.25, 0.3) is 0 Å². The lowest BCUT2D eigenvalue weighted by Gasteiger charge is -2.40. The van der Waals surface area contributed by atoms with Crippen LogP contribution in [-0.2, 0) is 10.3 Å². The maximum atomic E-state index is 15.4. The minimum absolute atomic E-state index is 0.0228. The quantitative estimate of drug-likeness (QED) is 0.570. The summed E-state index contributed by atoms with van der Waals surface area (Å²) >= 11 is 0. The topological polar surface area (TPSA) is 73.0 Å². The average Bonchev–Trinajstić information content (AvgIpc) is 3.26. The van der Waals surface area contributed by atoms with Crippen molar-refractivity contribution in [1.29, 1.82) is 0 Å². The molecule has 3 aromatic rings. The second-order valence-electron chi connectivity index (χ2n) is 8.75. The monoisotopic (exact) mass is 466 g/mol. The van der Waals surface area contributed by atoms with Crippen molar-refractivity contribution in [3.05, 3.63) is 71.6 Å². The maximum absolute atomic E-state index is 15.4. The summed E-state index contributed by atoms with van der Waals surface area (Å²) in [6, 6.07) is 11.5. The summed E-state index contributed by atoms with van der Waals surface area (Å²) < 4.78 is 55.5. The van der Waals surface area contributed by atoms with Crippen LogP contribution in [0.5, 0.6) is 11.5 Å². The van der Waals surface area contributed by atoms with Crippen LogP contribution in [0.1, 0.15) is 17.5 Å². The zero-order valence-corrected chi connectivity index (χ0v) is 18.1. The molecule has 174 valence electrons. The van der Waals surface area contributed by atoms with Crippen LogP contribution >= 0.6 is 0 Å². The summed E-state index contributed by atoms with van der Waals surface area (Å²) in [6.45, 7) is 0.901. The SMILES string of the molecule is NC1=NC2(COC1)c1cc(-c3cccnc3F)ccc1Oc1c(F)cc(N3CC[C@@H](F)C3)cc12. The lowest BCUT2D eigenvalue weighted by molar-refractivity contribution is 0.109. The van der Waals surface area contributed by atoms with Gasteiger partial charge in [0.1, 0.15) is 29.9 Å². The van der Waals surface area contributed by atoms with Gasteiger partial charge >= 0.3 is 0 Å². The summed E-state index contributed by atoms with van der Waals surface area (Å²) in [4.78, 5) is 10.3. The molecule has 0 radical (unpaired) electrons. The maximum Gasteiger partial charge on any atom is 0.220 e. The summed E-state index contributed by atoms with van der Waals surface area (Å²) in [5.74, 6) is -0.547. The Hall–Kier alpha value is -3.59. The molecule has 6 rings (SSSR count). The molecule has 3 aliphatic heterocycles. The number of rotatable bonds is 2. The van der Waals surface area contributed by atoms with Gasteiger partial charge in [-0.3, -0.25) is 4.99 Å². The number of hydrogen-bond acceptors (Lipinski definition) is 6. The first kappa shape index (κ1) is 21.0. The Morgan fingerprint density at radius 3 is 2.76 bits per heavy atom. The Bertz CT molecular complexity index is 1330. The highest BCUT2D eigenvalue weighted by atomic mass is 19.1. The number of hydrogen-bond donors (Lipinski definition) is 1. The molecule has 1 unspecified atom stereocenters. The van der Waals surface area contributed by atoms with Crippen LogP contribution < -0.4 is 15.4 Å². The van der Waals surface area contributed by atoms with E-state index in [1.807, 2.05) is 0 Å². The first-order valence-corrected chi connectivity index (χ1v) is 11.0. The number of fused-ring (bicyclic) bond motifs is 4. The van der Waals surface area contributed by atoms with E-state index in [2.05, 4.69) is 4.98 Å². The molecule has 1 fully saturated rings. The Balaban J connectivity index is 1.57. The number of amidine groups is 1. The van der Waals surface area contributed by atoms with Crippen molar-refractivity contribution in [3.8, 4) is 22.6 Å². The fourth-order valence-electron chi connectivity index (χ4n) is 4.98. The first-order valence-electron chi connectivity index (χ1n) is 11.0. The summed E-state index contributed by atoms with van der Waals surface area (Å²) in [6.07, 6.45) is 0.800. The van der Waals surface area contributed by atoms with E-state index in [1.165, 1.54) is 12.3 Å². The van der Waals surface area contributed by atoms with Gasteiger partial charge in [0.2, 0.25) is 5.95 Å². The van der Waals surface area contributed by atoms with Crippen molar-refractivity contribution >= 4 is 11.5 Å². The van der Waals surface area contributed by atoms with E-state index < -0.39 is 23.5 Å². The van der Waals surface area contributed by atoms with E-state index in [-0.39, 0.29) is 31.3 Å². The molecule has 34 heavy (non-hydrogen) atoms. The van der Waals surface area contributed by atoms with Gasteiger partial charge in [-0.2, -0.15) is 4.39 Å². The van der Waals surface area contributed by atoms with Gasteiger partial charge in [0.15, 0.2) is 11.6 Å². The highest BCUT2D eigenvalue weighted by Crippen LogP contribution is 2.53. The number of pyridine rings is 1. The van der Waals surface area contributed by atoms with Crippen LogP contribution in [0.25, 0.3) is 11.1 Å². The van der Waals surface area contributed by atoms with Crippen LogP contribution in [0.2, 0.25) is 0 Å². The predicted octanol–water partition coefficient (Wildman–Crippen LogP) is 4.31. The van der Waals surface area contributed by atoms with Crippen LogP contribution in [-0.4, -0.2) is 43.3 Å². The van der Waals surface area contributed by atoms with Gasteiger partial charge in [0.05, 0.1) is 6.61 Å². The number of nitrogens with two attached hydrogens (primary N) is 1. The molecule has 1 aromatic heterocycles. The van der Waals surface area contributed by atoms with Crippen molar-refractivity contribution in [3.63, 3.8) is 0 Å². The molecule has 2 aromatic carbocycles. The van der Waals surface area contributed by atoms with Gasteiger partial charge in [-0.1, -0.05) is 6.07 Å². The third-order valence-electron chi connectivity index (χ3n) is 6.57. The van der Waals surface area contributed by atoms with Crippen molar-refractivity contribution in [2.75, 3.05) is 31.2 Å². The highest BCUT2D eigenvalue weighted by molar-refractivity contribution is 5.84. The number of anilines is 1. The molecule has 0 bridgehead atoms. The van der Waals surface area contributed by atoms with Crippen LogP contribution in [0.4, 0.5) is 18.9 Å². The van der Waals surface area contributed by atoms with Crippen LogP contribution in [0.3, 0.4) is 0 Å². The minimum Gasteiger partial charge on any atom is -0.453 e. The van der Waals surface area contributed by atoms with Crippen molar-refractivity contribution < 1.29 is 22.6 Å². The minimum atomic E-state index is -1.20. The third kappa shape index (κ3) is 3.22. The summed E-state index contributed by atoms with van der Waals surface area (Å²) in [5, 5.41) is 0. The molecule has 4 heterocycles. The molecule has 2 atom stereocenters. The standard InChI is InChI=1S/C25H21F3N4O2/c26-15-5-7-32(11-15)16-9-19-23(20(27)10-16)34-21-4-3-14(17-2-1-6-30-24(17)28)8-18(21)25(19)13-33-12-22(29)31-25/h1-4,6,8-10,15H,5,7,11-13H2,(H2,29,31)/t15-,25?/m1/s1. The summed E-state index contributed by atoms with van der Waals surface area (Å²) in [5.41, 5.74) is 7.32. The number of nitrogens with zero attached hydrogens (tertiary/aromatic N) is 3. The van der Waals surface area contributed by atoms with Gasteiger partial charge in [0, 0.05) is 47.7 Å². The molecule has 3 aliphatic rings. The third-order valence-corrected chi connectivity index (χ3v) is 6.57. The number of benzene rings is 2. The fraction of sp³-hybridized carbons (Fsp3) is 0.280. The van der Waals surface area contributed by atoms with E-state index in [4.69, 9.17) is 20.2 Å². The molecular formula is C25H21F3N4O2. The smallest absolute Gasteiger partial charge is 0.220 e. The largest absolute Gasteiger partial charge is 0.453 e. The highest BCUT2D eigenvalue weighted by Gasteiger charge is 2.46. The molecule has 0 saturated carbocycles. The average molecular weight is 466 g/mol. The van der Waals surface area contributed by atoms with Gasteiger partial charge in [-0.05, 0) is 42.3 Å². The molecule has 2 N–H and O–H groups in total. The van der Waals surface area contributed by atoms with Gasteiger partial charge in [-0.25, -0.2) is 13.8 Å². The lowest BCUT2D eigenvalue weighted by atomic mass is 9.79. The Labute approximate surface area is 193 Å². The Kier molecular flexibility index (Phi) is 4.77. The number of halogens is 3. The number of aromatic nitrogens is 1. The van der Waals surface area contributed by atoms with E-state index in [9.17, 15) is 8.78 Å². The summed E-state index contributed by atoms with van der Waals surface area (Å²) in [7, 11) is 0. The Morgan fingerprint density at radius 2 is 2.00 bits per heavy atom. The lowest BCUT2D eigenvalue weighted by Crippen LogP contribution is -2.42. The van der Waals surface area contributed by atoms with Crippen LogP contribution in [0.15, 0.2) is 53.7 Å². The number of alkyl halides is 1. The fourth-order valence-corrected chi connectivity index (χ4v) is 4.98. The van der Waals surface area contributed by atoms with E-state index in [1.54, 1.807) is 41.3 Å². The molecule has 0 aliphatic carbocycles. The van der Waals surface area contributed by atoms with Crippen molar-refractivity contribution in [1.82, 2.24) is 4.98 Å². The number of aliphatic imine (C=N–C) groups is 1. The molecule has 1 spiro atoms. The van der Waals surface area contributed by atoms with Gasteiger partial charge < -0.3 is 20.1 Å². The second kappa shape index (κ2) is 7.73. The zero-order chi connectivity index (χ0) is 23.4. The second-order valence-corrected chi connectivity index (χ2v) is 8.75. The zero-order valence-electron chi connectivity index (χ0n) is 18.1. The normalized spacial score (nSPS) is 23.3. The van der Waals surface area contributed by atoms with E-state index >= 15 is 4.39 Å². The molecule has 1 saturated heterocycles. The first-order chi connectivity index (χ1) is 16.4. The number of ether oxygens (including phenoxy) is 2. The van der Waals surface area contributed by atoms with Gasteiger partial charge in [-0.15, -0.1) is 0 Å². The van der Waals surface area contributed by atoms with Crippen LogP contribution in [0, 0.1) is 11.8 Å². The van der Waals surface area contributed by atoms with E-state index in [0.717, 1.165) is 0 Å². The molecular weight excluding hydrogens is 445 g/mol. The molecule has 9 heteroatoms. The molecule has 0 amide bonds. The molecule has 6 nitrogen and oxygen atoms in total. The van der Waals surface area contributed by atoms with Crippen molar-refractivity contribution in [2.24, 2.45) is 10.7 Å².